The number of carbonyl (C=O) groups is 2. The third-order valence-corrected chi connectivity index (χ3v) is 3.16. The molecule has 0 atom stereocenters. The van der Waals surface area contributed by atoms with Gasteiger partial charge in [-0.05, 0) is 35.5 Å². The van der Waals surface area contributed by atoms with Crippen molar-refractivity contribution >= 4 is 29.0 Å². The first-order valence-corrected chi connectivity index (χ1v) is 5.92. The van der Waals surface area contributed by atoms with Crippen LogP contribution < -0.4 is 14.8 Å². The number of nitrogens with one attached hydrogen (secondary N) is 1. The van der Waals surface area contributed by atoms with Crippen LogP contribution in [0.1, 0.15) is 5.56 Å². The number of ether oxygens (including phenoxy) is 2. The first-order chi connectivity index (χ1) is 8.63. The molecule has 2 amide bonds. The minimum atomic E-state index is -0.375. The SMILES string of the molecule is COc1ccc(/C=C2/SC(=O)NC2=O)cc1OC. The lowest BCUT2D eigenvalue weighted by Gasteiger charge is -2.07. The summed E-state index contributed by atoms with van der Waals surface area (Å²) in [6, 6.07) is 5.26. The molecule has 0 spiro atoms. The van der Waals surface area contributed by atoms with E-state index in [4.69, 9.17) is 9.47 Å². The molecule has 0 aliphatic carbocycles. The number of carbonyl (C=O) groups excluding carboxylic acids is 2. The third-order valence-electron chi connectivity index (χ3n) is 2.35. The lowest BCUT2D eigenvalue weighted by atomic mass is 10.2. The molecule has 5 nitrogen and oxygen atoms in total. The number of imide groups is 1. The van der Waals surface area contributed by atoms with Crippen LogP contribution in [-0.4, -0.2) is 25.4 Å². The quantitative estimate of drug-likeness (QED) is 0.847. The minimum absolute atomic E-state index is 0.355. The number of amides is 2. The van der Waals surface area contributed by atoms with Crippen molar-refractivity contribution in [2.24, 2.45) is 0 Å². The summed E-state index contributed by atoms with van der Waals surface area (Å²) in [5.41, 5.74) is 0.764. The zero-order chi connectivity index (χ0) is 13.1. The number of methoxy groups -OCH3 is 2. The summed E-state index contributed by atoms with van der Waals surface area (Å²) in [5, 5.41) is 1.84. The first-order valence-electron chi connectivity index (χ1n) is 5.11. The van der Waals surface area contributed by atoms with E-state index in [0.717, 1.165) is 17.3 Å². The van der Waals surface area contributed by atoms with E-state index in [0.29, 0.717) is 16.4 Å². The Morgan fingerprint density at radius 3 is 2.44 bits per heavy atom. The van der Waals surface area contributed by atoms with E-state index in [2.05, 4.69) is 5.32 Å². The summed E-state index contributed by atoms with van der Waals surface area (Å²) < 4.78 is 10.3. The molecule has 1 heterocycles. The second-order valence-electron chi connectivity index (χ2n) is 3.47. The maximum Gasteiger partial charge on any atom is 0.290 e. The molecule has 0 aromatic heterocycles. The lowest BCUT2D eigenvalue weighted by molar-refractivity contribution is -0.115. The van der Waals surface area contributed by atoms with Crippen molar-refractivity contribution in [2.75, 3.05) is 14.2 Å². The molecule has 94 valence electrons. The van der Waals surface area contributed by atoms with E-state index in [1.54, 1.807) is 31.4 Å². The summed E-state index contributed by atoms with van der Waals surface area (Å²) >= 11 is 0.881. The van der Waals surface area contributed by atoms with Gasteiger partial charge in [-0.3, -0.25) is 14.9 Å². The van der Waals surface area contributed by atoms with Gasteiger partial charge < -0.3 is 9.47 Å². The fourth-order valence-corrected chi connectivity index (χ4v) is 2.20. The molecule has 1 saturated heterocycles. The lowest BCUT2D eigenvalue weighted by Crippen LogP contribution is -2.17. The molecule has 2 rings (SSSR count). The second-order valence-corrected chi connectivity index (χ2v) is 4.48. The van der Waals surface area contributed by atoms with Crippen LogP contribution in [0.3, 0.4) is 0 Å². The summed E-state index contributed by atoms with van der Waals surface area (Å²) in [6.07, 6.45) is 1.63. The molecule has 1 aromatic rings. The fraction of sp³-hybridized carbons (Fsp3) is 0.167. The summed E-state index contributed by atoms with van der Waals surface area (Å²) in [6.45, 7) is 0. The van der Waals surface area contributed by atoms with Crippen molar-refractivity contribution in [1.82, 2.24) is 5.32 Å². The number of hydrogen-bond donors (Lipinski definition) is 1. The van der Waals surface area contributed by atoms with E-state index in [1.807, 2.05) is 0 Å². The Labute approximate surface area is 108 Å². The van der Waals surface area contributed by atoms with Crippen molar-refractivity contribution < 1.29 is 19.1 Å². The molecule has 0 radical (unpaired) electrons. The van der Waals surface area contributed by atoms with Crippen molar-refractivity contribution in [3.05, 3.63) is 28.7 Å². The Balaban J connectivity index is 2.32. The number of rotatable bonds is 3. The number of hydrogen-bond acceptors (Lipinski definition) is 5. The standard InChI is InChI=1S/C12H11NO4S/c1-16-8-4-3-7(5-9(8)17-2)6-10-11(14)13-12(15)18-10/h3-6H,1-2H3,(H,13,14,15)/b10-6+. The average molecular weight is 265 g/mol. The average Bonchev–Trinajstić information content (AvgIpc) is 2.67. The van der Waals surface area contributed by atoms with Gasteiger partial charge in [-0.15, -0.1) is 0 Å². The third kappa shape index (κ3) is 2.48. The van der Waals surface area contributed by atoms with Gasteiger partial charge >= 0.3 is 0 Å². The highest BCUT2D eigenvalue weighted by Gasteiger charge is 2.24. The van der Waals surface area contributed by atoms with Crippen LogP contribution in [0.4, 0.5) is 4.79 Å². The zero-order valence-corrected chi connectivity index (χ0v) is 10.7. The van der Waals surface area contributed by atoms with Gasteiger partial charge in [0.25, 0.3) is 11.1 Å². The molecule has 0 unspecified atom stereocenters. The van der Waals surface area contributed by atoms with Crippen LogP contribution in [0.5, 0.6) is 11.5 Å². The van der Waals surface area contributed by atoms with Crippen LogP contribution >= 0.6 is 11.8 Å². The van der Waals surface area contributed by atoms with E-state index in [-0.39, 0.29) is 11.1 Å². The van der Waals surface area contributed by atoms with Crippen LogP contribution in [0, 0.1) is 0 Å². The number of thioether (sulfide) groups is 1. The monoisotopic (exact) mass is 265 g/mol. The molecular weight excluding hydrogens is 254 g/mol. The van der Waals surface area contributed by atoms with Crippen molar-refractivity contribution in [3.8, 4) is 11.5 Å². The molecule has 1 aliphatic heterocycles. The Bertz CT molecular complexity index is 539. The minimum Gasteiger partial charge on any atom is -0.493 e. The largest absolute Gasteiger partial charge is 0.493 e. The number of benzene rings is 1. The Morgan fingerprint density at radius 2 is 1.89 bits per heavy atom. The van der Waals surface area contributed by atoms with Gasteiger partial charge in [0.15, 0.2) is 11.5 Å². The molecule has 1 aliphatic rings. The van der Waals surface area contributed by atoms with Gasteiger partial charge in [-0.2, -0.15) is 0 Å². The van der Waals surface area contributed by atoms with E-state index in [1.165, 1.54) is 7.11 Å². The topological polar surface area (TPSA) is 64.6 Å². The summed E-state index contributed by atoms with van der Waals surface area (Å²) in [5.74, 6) is 0.806. The second kappa shape index (κ2) is 5.14. The predicted octanol–water partition coefficient (Wildman–Crippen LogP) is 2.03. The van der Waals surface area contributed by atoms with E-state index < -0.39 is 0 Å². The fourth-order valence-electron chi connectivity index (χ4n) is 1.52. The molecular formula is C12H11NO4S. The van der Waals surface area contributed by atoms with Gasteiger partial charge in [0, 0.05) is 0 Å². The Kier molecular flexibility index (Phi) is 3.57. The highest BCUT2D eigenvalue weighted by Crippen LogP contribution is 2.31. The van der Waals surface area contributed by atoms with Gasteiger partial charge in [-0.25, -0.2) is 0 Å². The van der Waals surface area contributed by atoms with Crippen LogP contribution in [0.2, 0.25) is 0 Å². The summed E-state index contributed by atoms with van der Waals surface area (Å²) in [7, 11) is 3.09. The molecule has 1 aromatic carbocycles. The van der Waals surface area contributed by atoms with Crippen molar-refractivity contribution in [3.63, 3.8) is 0 Å². The normalized spacial score (nSPS) is 16.9. The van der Waals surface area contributed by atoms with Gasteiger partial charge in [0.05, 0.1) is 19.1 Å². The van der Waals surface area contributed by atoms with E-state index in [9.17, 15) is 9.59 Å². The highest BCUT2D eigenvalue weighted by molar-refractivity contribution is 8.18. The molecule has 18 heavy (non-hydrogen) atoms. The summed E-state index contributed by atoms with van der Waals surface area (Å²) in [4.78, 5) is 22.8. The van der Waals surface area contributed by atoms with Crippen molar-refractivity contribution in [2.45, 2.75) is 0 Å². The zero-order valence-electron chi connectivity index (χ0n) is 9.85. The van der Waals surface area contributed by atoms with Gasteiger partial charge in [0.2, 0.25) is 0 Å². The van der Waals surface area contributed by atoms with Crippen LogP contribution in [0.15, 0.2) is 23.1 Å². The van der Waals surface area contributed by atoms with Gasteiger partial charge in [-0.1, -0.05) is 6.07 Å². The molecule has 0 saturated carbocycles. The molecule has 0 bridgehead atoms. The maximum absolute atomic E-state index is 11.4. The first kappa shape index (κ1) is 12.5. The molecule has 1 fully saturated rings. The molecule has 1 N–H and O–H groups in total. The maximum atomic E-state index is 11.4. The van der Waals surface area contributed by atoms with Crippen molar-refractivity contribution in [1.29, 1.82) is 0 Å². The van der Waals surface area contributed by atoms with Crippen LogP contribution in [-0.2, 0) is 4.79 Å². The Hall–Kier alpha value is -1.95. The predicted molar refractivity (Wildman–Crippen MR) is 68.7 cm³/mol. The molecule has 6 heteroatoms. The highest BCUT2D eigenvalue weighted by atomic mass is 32.2. The van der Waals surface area contributed by atoms with Crippen LogP contribution in [0.25, 0.3) is 6.08 Å². The smallest absolute Gasteiger partial charge is 0.290 e. The van der Waals surface area contributed by atoms with Gasteiger partial charge in [0.1, 0.15) is 0 Å². The van der Waals surface area contributed by atoms with E-state index >= 15 is 0 Å². The Morgan fingerprint density at radius 1 is 1.17 bits per heavy atom.